The highest BCUT2D eigenvalue weighted by Gasteiger charge is 2.50. The van der Waals surface area contributed by atoms with E-state index in [1.165, 1.54) is 27.9 Å². The van der Waals surface area contributed by atoms with Crippen molar-refractivity contribution >= 4 is 42.5 Å². The van der Waals surface area contributed by atoms with Gasteiger partial charge in [0.05, 0.1) is 39.1 Å². The number of rotatable bonds is 19. The SMILES string of the molecule is C[C@@H](C(=O)N[C@H](C(=O)N1Cc2cc(OCCOCCOCCO[Si](c3ccccc3)(c3ccccc3)C(C)(C)C)ccc2C[C@H]1C(=O)N[C@@H]1CCCc2ccccc21)C(C)(C)C)N(C)C(=O)OC(C)(C)C. The van der Waals surface area contributed by atoms with Crippen molar-refractivity contribution in [2.45, 2.75) is 136 Å². The molecular weight excluding hydrogens is 913 g/mol. The Morgan fingerprint density at radius 2 is 1.32 bits per heavy atom. The summed E-state index contributed by atoms with van der Waals surface area (Å²) in [7, 11) is -1.15. The Balaban J connectivity index is 1.08. The molecule has 0 fully saturated rings. The summed E-state index contributed by atoms with van der Waals surface area (Å²) in [5, 5.41) is 8.61. The molecule has 71 heavy (non-hydrogen) atoms. The molecule has 4 amide bonds. The number of benzene rings is 4. The smallest absolute Gasteiger partial charge is 0.410 e. The molecule has 4 atom stereocenters. The summed E-state index contributed by atoms with van der Waals surface area (Å²) in [6.07, 6.45) is 2.30. The van der Waals surface area contributed by atoms with E-state index in [1.54, 1.807) is 32.6 Å². The summed E-state index contributed by atoms with van der Waals surface area (Å²) < 4.78 is 30.5. The van der Waals surface area contributed by atoms with Crippen molar-refractivity contribution in [2.75, 3.05) is 46.7 Å². The van der Waals surface area contributed by atoms with Crippen LogP contribution >= 0.6 is 0 Å². The molecule has 1 aliphatic carbocycles. The van der Waals surface area contributed by atoms with Gasteiger partial charge in [-0.3, -0.25) is 19.3 Å². The van der Waals surface area contributed by atoms with E-state index in [-0.39, 0.29) is 30.0 Å². The van der Waals surface area contributed by atoms with Gasteiger partial charge in [-0.15, -0.1) is 0 Å². The number of aryl methyl sites for hydroxylation is 1. The first kappa shape index (κ1) is 54.8. The Labute approximate surface area is 423 Å². The maximum absolute atomic E-state index is 15.0. The van der Waals surface area contributed by atoms with Crippen molar-refractivity contribution in [3.05, 3.63) is 125 Å². The fourth-order valence-electron chi connectivity index (χ4n) is 9.59. The molecule has 0 aromatic heterocycles. The van der Waals surface area contributed by atoms with E-state index in [4.69, 9.17) is 23.4 Å². The van der Waals surface area contributed by atoms with Crippen LogP contribution in [0, 0.1) is 5.41 Å². The second kappa shape index (κ2) is 23.8. The normalized spacial score (nSPS) is 17.0. The van der Waals surface area contributed by atoms with Gasteiger partial charge in [-0.1, -0.05) is 133 Å². The maximum atomic E-state index is 15.0. The first-order valence-corrected chi connectivity index (χ1v) is 27.1. The number of ether oxygens (including phenoxy) is 4. The largest absolute Gasteiger partial charge is 0.491 e. The highest BCUT2D eigenvalue weighted by molar-refractivity contribution is 6.99. The average molecular weight is 991 g/mol. The van der Waals surface area contributed by atoms with Crippen molar-refractivity contribution in [2.24, 2.45) is 5.41 Å². The summed E-state index contributed by atoms with van der Waals surface area (Å²) in [6.45, 7) is 21.7. The van der Waals surface area contributed by atoms with Crippen LogP contribution in [0.4, 0.5) is 4.79 Å². The summed E-state index contributed by atoms with van der Waals surface area (Å²) in [4.78, 5) is 59.1. The van der Waals surface area contributed by atoms with Crippen molar-refractivity contribution in [1.82, 2.24) is 20.4 Å². The minimum absolute atomic E-state index is 0.119. The van der Waals surface area contributed by atoms with Crippen molar-refractivity contribution in [3.8, 4) is 5.75 Å². The van der Waals surface area contributed by atoms with E-state index in [9.17, 15) is 14.4 Å². The number of hydrogen-bond acceptors (Lipinski definition) is 9. The highest BCUT2D eigenvalue weighted by atomic mass is 28.4. The molecule has 1 heterocycles. The van der Waals surface area contributed by atoms with Crippen LogP contribution in [0.2, 0.25) is 5.04 Å². The van der Waals surface area contributed by atoms with Gasteiger partial charge in [0.15, 0.2) is 0 Å². The lowest BCUT2D eigenvalue weighted by Gasteiger charge is -2.43. The molecule has 384 valence electrons. The molecule has 0 unspecified atom stereocenters. The lowest BCUT2D eigenvalue weighted by molar-refractivity contribution is -0.147. The first-order chi connectivity index (χ1) is 33.6. The molecular formula is C57H78N4O9Si. The van der Waals surface area contributed by atoms with Gasteiger partial charge in [0.1, 0.15) is 36.1 Å². The molecule has 0 spiro atoms. The molecule has 4 aromatic carbocycles. The van der Waals surface area contributed by atoms with Gasteiger partial charge >= 0.3 is 6.09 Å². The monoisotopic (exact) mass is 991 g/mol. The third-order valence-electron chi connectivity index (χ3n) is 13.5. The van der Waals surface area contributed by atoms with Crippen LogP contribution in [0.1, 0.15) is 110 Å². The van der Waals surface area contributed by atoms with E-state index < -0.39 is 55.4 Å². The highest BCUT2D eigenvalue weighted by Crippen LogP contribution is 2.37. The van der Waals surface area contributed by atoms with Gasteiger partial charge in [0.25, 0.3) is 8.32 Å². The van der Waals surface area contributed by atoms with Gasteiger partial charge in [-0.25, -0.2) is 4.79 Å². The number of likely N-dealkylation sites (N-methyl/N-ethyl adjacent to an activating group) is 1. The molecule has 0 saturated carbocycles. The third kappa shape index (κ3) is 13.9. The van der Waals surface area contributed by atoms with E-state index >= 15 is 4.79 Å². The molecule has 13 nitrogen and oxygen atoms in total. The van der Waals surface area contributed by atoms with Gasteiger partial charge in [0, 0.05) is 20.0 Å². The summed E-state index contributed by atoms with van der Waals surface area (Å²) >= 11 is 0. The number of nitrogens with zero attached hydrogens (tertiary/aromatic N) is 2. The van der Waals surface area contributed by atoms with Gasteiger partial charge in [0.2, 0.25) is 17.7 Å². The molecule has 2 N–H and O–H groups in total. The Morgan fingerprint density at radius 3 is 1.93 bits per heavy atom. The quantitative estimate of drug-likeness (QED) is 0.0708. The van der Waals surface area contributed by atoms with Crippen molar-refractivity contribution in [1.29, 1.82) is 0 Å². The minimum Gasteiger partial charge on any atom is -0.491 e. The van der Waals surface area contributed by atoms with Crippen LogP contribution in [0.5, 0.6) is 5.75 Å². The first-order valence-electron chi connectivity index (χ1n) is 25.2. The van der Waals surface area contributed by atoms with Gasteiger partial charge in [-0.05, 0) is 102 Å². The van der Waals surface area contributed by atoms with Crippen LogP contribution in [-0.2, 0) is 52.4 Å². The lowest BCUT2D eigenvalue weighted by Crippen LogP contribution is -2.66. The van der Waals surface area contributed by atoms with Crippen LogP contribution in [0.25, 0.3) is 0 Å². The third-order valence-corrected chi connectivity index (χ3v) is 18.5. The number of fused-ring (bicyclic) bond motifs is 2. The van der Waals surface area contributed by atoms with Gasteiger partial charge < -0.3 is 38.9 Å². The lowest BCUT2D eigenvalue weighted by atomic mass is 9.83. The van der Waals surface area contributed by atoms with E-state index in [1.807, 2.05) is 63.2 Å². The zero-order valence-corrected chi connectivity index (χ0v) is 45.0. The average Bonchev–Trinajstić information content (AvgIpc) is 3.33. The minimum atomic E-state index is -2.64. The molecule has 0 bridgehead atoms. The van der Waals surface area contributed by atoms with Crippen LogP contribution in [0.3, 0.4) is 0 Å². The number of amides is 4. The number of hydrogen-bond donors (Lipinski definition) is 2. The second-order valence-corrected chi connectivity index (χ2v) is 26.2. The zero-order chi connectivity index (χ0) is 51.6. The molecule has 4 aromatic rings. The molecule has 2 aliphatic rings. The maximum Gasteiger partial charge on any atom is 0.410 e. The number of carbonyl (C=O) groups is 4. The molecule has 0 saturated heterocycles. The van der Waals surface area contributed by atoms with E-state index in [0.717, 1.165) is 36.0 Å². The van der Waals surface area contributed by atoms with Crippen LogP contribution < -0.4 is 25.7 Å². The summed E-state index contributed by atoms with van der Waals surface area (Å²) in [5.74, 6) is -0.563. The van der Waals surface area contributed by atoms with E-state index in [0.29, 0.717) is 45.4 Å². The Kier molecular flexibility index (Phi) is 18.4. The van der Waals surface area contributed by atoms with Gasteiger partial charge in [-0.2, -0.15) is 0 Å². The van der Waals surface area contributed by atoms with Crippen molar-refractivity contribution < 1.29 is 42.6 Å². The second-order valence-electron chi connectivity index (χ2n) is 21.9. The Bertz CT molecular complexity index is 2370. The number of nitrogens with one attached hydrogen (secondary N) is 2. The molecule has 1 aliphatic heterocycles. The Morgan fingerprint density at radius 1 is 0.732 bits per heavy atom. The Hall–Kier alpha value is -5.54. The molecule has 14 heteroatoms. The summed E-state index contributed by atoms with van der Waals surface area (Å²) in [5.41, 5.74) is 2.56. The topological polar surface area (TPSA) is 145 Å². The summed E-state index contributed by atoms with van der Waals surface area (Å²) in [6, 6.07) is 32.0. The zero-order valence-electron chi connectivity index (χ0n) is 44.0. The van der Waals surface area contributed by atoms with Crippen LogP contribution in [0.15, 0.2) is 103 Å². The van der Waals surface area contributed by atoms with Crippen LogP contribution in [-0.4, -0.2) is 112 Å². The standard InChI is InChI=1S/C57H78N4O9Si/c1-40(60(11)54(65)70-56(5,6)7)51(62)59-50(55(2,3)4)53(64)61-39-43-37-44(30-29-42(43)38-49(61)52(63)58-48-28-20-22-41-21-18-19-27-47(41)48)68-35-33-66-31-32-67-34-36-69-71(57(8,9)10,45-23-14-12-15-24-45)46-25-16-13-17-26-46/h12-19,21,23-27,29-30,37,40,48-50H,20,22,28,31-36,38-39H2,1-11H3,(H,58,63)(H,59,62)/t40-,48+,49-,50+/m0/s1. The van der Waals surface area contributed by atoms with E-state index in [2.05, 4.69) is 92.1 Å². The molecule has 6 rings (SSSR count). The fourth-order valence-corrected chi connectivity index (χ4v) is 14.1. The molecule has 0 radical (unpaired) electrons. The number of carbonyl (C=O) groups excluding carboxylic acids is 4. The fraction of sp³-hybridized carbons (Fsp3) is 0.509. The van der Waals surface area contributed by atoms with Crippen molar-refractivity contribution in [3.63, 3.8) is 0 Å². The predicted molar refractivity (Wildman–Crippen MR) is 280 cm³/mol. The predicted octanol–water partition coefficient (Wildman–Crippen LogP) is 7.91.